The third-order valence-electron chi connectivity index (χ3n) is 5.50. The SMILES string of the molecule is CCOC(=O)C1C(=O)N(Cc2ccccc2)c2nc3ccccc3n2C1c1ccco1. The lowest BCUT2D eigenvalue weighted by molar-refractivity contribution is -0.153. The van der Waals surface area contributed by atoms with Gasteiger partial charge in [-0.3, -0.25) is 19.1 Å². The number of esters is 1. The maximum Gasteiger partial charge on any atom is 0.321 e. The number of anilines is 1. The van der Waals surface area contributed by atoms with Crippen LogP contribution in [0, 0.1) is 5.92 Å². The van der Waals surface area contributed by atoms with E-state index in [-0.39, 0.29) is 12.5 Å². The molecule has 0 aliphatic carbocycles. The second kappa shape index (κ2) is 7.75. The molecule has 7 nitrogen and oxygen atoms in total. The number of furan rings is 1. The van der Waals surface area contributed by atoms with Crippen LogP contribution in [0.5, 0.6) is 0 Å². The molecule has 2 aromatic heterocycles. The number of carbonyl (C=O) groups excluding carboxylic acids is 2. The molecule has 1 amide bonds. The highest BCUT2D eigenvalue weighted by Gasteiger charge is 2.49. The molecule has 0 radical (unpaired) electrons. The van der Waals surface area contributed by atoms with Crippen molar-refractivity contribution in [2.75, 3.05) is 11.5 Å². The number of imidazole rings is 1. The molecule has 2 unspecified atom stereocenters. The fraction of sp³-hybridized carbons (Fsp3) is 0.208. The fourth-order valence-electron chi connectivity index (χ4n) is 4.17. The molecule has 31 heavy (non-hydrogen) atoms. The number of hydrogen-bond acceptors (Lipinski definition) is 5. The van der Waals surface area contributed by atoms with Crippen LogP contribution in [0.1, 0.15) is 24.3 Å². The minimum Gasteiger partial charge on any atom is -0.467 e. The zero-order chi connectivity index (χ0) is 21.4. The van der Waals surface area contributed by atoms with Crippen LogP contribution in [-0.2, 0) is 20.9 Å². The summed E-state index contributed by atoms with van der Waals surface area (Å²) < 4.78 is 12.9. The molecule has 0 spiro atoms. The Bertz CT molecular complexity index is 1230. The summed E-state index contributed by atoms with van der Waals surface area (Å²) in [6, 6.07) is 20.1. The van der Waals surface area contributed by atoms with E-state index >= 15 is 0 Å². The largest absolute Gasteiger partial charge is 0.467 e. The first-order valence-electron chi connectivity index (χ1n) is 10.2. The summed E-state index contributed by atoms with van der Waals surface area (Å²) in [5.41, 5.74) is 2.50. The molecule has 0 bridgehead atoms. The zero-order valence-electron chi connectivity index (χ0n) is 17.0. The molecule has 1 aliphatic rings. The smallest absolute Gasteiger partial charge is 0.321 e. The Kier molecular flexibility index (Phi) is 4.78. The Morgan fingerprint density at radius 3 is 2.58 bits per heavy atom. The van der Waals surface area contributed by atoms with Crippen LogP contribution in [0.2, 0.25) is 0 Å². The fourth-order valence-corrected chi connectivity index (χ4v) is 4.17. The van der Waals surface area contributed by atoms with Crippen LogP contribution in [0.15, 0.2) is 77.4 Å². The lowest BCUT2D eigenvalue weighted by atomic mass is 9.93. The molecule has 4 aromatic rings. The predicted octanol–water partition coefficient (Wildman–Crippen LogP) is 3.94. The average molecular weight is 415 g/mol. The number of aromatic nitrogens is 2. The monoisotopic (exact) mass is 415 g/mol. The number of hydrogen-bond donors (Lipinski definition) is 0. The average Bonchev–Trinajstić information content (AvgIpc) is 3.44. The summed E-state index contributed by atoms with van der Waals surface area (Å²) in [4.78, 5) is 33.1. The van der Waals surface area contributed by atoms with E-state index in [2.05, 4.69) is 0 Å². The molecule has 0 saturated carbocycles. The molecule has 156 valence electrons. The molecule has 2 atom stereocenters. The Morgan fingerprint density at radius 1 is 1.06 bits per heavy atom. The summed E-state index contributed by atoms with van der Waals surface area (Å²) >= 11 is 0. The summed E-state index contributed by atoms with van der Waals surface area (Å²) in [6.45, 7) is 2.21. The van der Waals surface area contributed by atoms with Crippen molar-refractivity contribution in [1.29, 1.82) is 0 Å². The maximum absolute atomic E-state index is 13.7. The van der Waals surface area contributed by atoms with Gasteiger partial charge in [-0.1, -0.05) is 42.5 Å². The first kappa shape index (κ1) is 19.1. The Morgan fingerprint density at radius 2 is 1.84 bits per heavy atom. The zero-order valence-corrected chi connectivity index (χ0v) is 17.0. The van der Waals surface area contributed by atoms with E-state index in [1.165, 1.54) is 6.26 Å². The summed E-state index contributed by atoms with van der Waals surface area (Å²) in [7, 11) is 0. The van der Waals surface area contributed by atoms with Gasteiger partial charge in [-0.25, -0.2) is 4.98 Å². The lowest BCUT2D eigenvalue weighted by Gasteiger charge is -2.36. The summed E-state index contributed by atoms with van der Waals surface area (Å²) in [5.74, 6) is -1.02. The number of amides is 1. The van der Waals surface area contributed by atoms with Crippen molar-refractivity contribution >= 4 is 28.9 Å². The number of ether oxygens (including phenoxy) is 1. The molecule has 1 aliphatic heterocycles. The third-order valence-corrected chi connectivity index (χ3v) is 5.50. The highest BCUT2D eigenvalue weighted by atomic mass is 16.5. The van der Waals surface area contributed by atoms with E-state index in [1.54, 1.807) is 24.0 Å². The van der Waals surface area contributed by atoms with Gasteiger partial charge in [0.05, 0.1) is 30.4 Å². The topological polar surface area (TPSA) is 77.6 Å². The van der Waals surface area contributed by atoms with Gasteiger partial charge < -0.3 is 9.15 Å². The lowest BCUT2D eigenvalue weighted by Crippen LogP contribution is -2.49. The van der Waals surface area contributed by atoms with Gasteiger partial charge in [0.15, 0.2) is 5.92 Å². The number of nitrogens with zero attached hydrogens (tertiary/aromatic N) is 3. The molecule has 3 heterocycles. The third kappa shape index (κ3) is 3.18. The minimum absolute atomic E-state index is 0.184. The number of para-hydroxylation sites is 2. The molecule has 2 aromatic carbocycles. The van der Waals surface area contributed by atoms with E-state index in [0.29, 0.717) is 18.3 Å². The molecule has 0 N–H and O–H groups in total. The van der Waals surface area contributed by atoms with Crippen molar-refractivity contribution < 1.29 is 18.7 Å². The van der Waals surface area contributed by atoms with Crippen molar-refractivity contribution in [3.05, 3.63) is 84.3 Å². The van der Waals surface area contributed by atoms with Crippen LogP contribution in [0.25, 0.3) is 11.0 Å². The van der Waals surface area contributed by atoms with Crippen molar-refractivity contribution in [3.63, 3.8) is 0 Å². The molecule has 0 fully saturated rings. The highest BCUT2D eigenvalue weighted by Crippen LogP contribution is 2.41. The van der Waals surface area contributed by atoms with Gasteiger partial charge in [-0.2, -0.15) is 0 Å². The first-order chi connectivity index (χ1) is 15.2. The quantitative estimate of drug-likeness (QED) is 0.364. The number of rotatable bonds is 5. The van der Waals surface area contributed by atoms with Crippen LogP contribution in [0.3, 0.4) is 0 Å². The minimum atomic E-state index is -1.08. The van der Waals surface area contributed by atoms with E-state index in [9.17, 15) is 9.59 Å². The van der Waals surface area contributed by atoms with Crippen molar-refractivity contribution in [2.24, 2.45) is 5.92 Å². The van der Waals surface area contributed by atoms with Crippen LogP contribution < -0.4 is 4.90 Å². The Hall–Kier alpha value is -3.87. The molecular weight excluding hydrogens is 394 g/mol. The number of benzene rings is 2. The molecule has 0 saturated heterocycles. The van der Waals surface area contributed by atoms with E-state index in [0.717, 1.165) is 16.6 Å². The first-order valence-corrected chi connectivity index (χ1v) is 10.2. The second-order valence-corrected chi connectivity index (χ2v) is 7.37. The Labute approximate surface area is 178 Å². The normalized spacial score (nSPS) is 18.2. The number of carbonyl (C=O) groups is 2. The predicted molar refractivity (Wildman–Crippen MR) is 114 cm³/mol. The second-order valence-electron chi connectivity index (χ2n) is 7.37. The van der Waals surface area contributed by atoms with Gasteiger partial charge in [-0.15, -0.1) is 0 Å². The molecular formula is C24H21N3O4. The van der Waals surface area contributed by atoms with Crippen LogP contribution in [-0.4, -0.2) is 28.0 Å². The summed E-state index contributed by atoms with van der Waals surface area (Å²) in [5, 5.41) is 0. The van der Waals surface area contributed by atoms with Gasteiger partial charge in [0.25, 0.3) is 0 Å². The van der Waals surface area contributed by atoms with Crippen LogP contribution >= 0.6 is 0 Å². The van der Waals surface area contributed by atoms with Crippen LogP contribution in [0.4, 0.5) is 5.95 Å². The highest BCUT2D eigenvalue weighted by molar-refractivity contribution is 6.08. The van der Waals surface area contributed by atoms with Gasteiger partial charge in [-0.05, 0) is 36.8 Å². The van der Waals surface area contributed by atoms with E-state index < -0.39 is 17.9 Å². The van der Waals surface area contributed by atoms with Crippen molar-refractivity contribution in [1.82, 2.24) is 9.55 Å². The van der Waals surface area contributed by atoms with Crippen molar-refractivity contribution in [3.8, 4) is 0 Å². The van der Waals surface area contributed by atoms with Gasteiger partial charge in [0, 0.05) is 0 Å². The Balaban J connectivity index is 1.74. The summed E-state index contributed by atoms with van der Waals surface area (Å²) in [6.07, 6.45) is 1.54. The van der Waals surface area contributed by atoms with E-state index in [4.69, 9.17) is 14.1 Å². The standard InChI is InChI=1S/C24H21N3O4/c1-2-30-23(29)20-21(19-13-8-14-31-19)27-18-12-7-6-11-17(18)25-24(27)26(22(20)28)15-16-9-4-3-5-10-16/h3-14,20-21H,2,15H2,1H3. The van der Waals surface area contributed by atoms with E-state index in [1.807, 2.05) is 59.2 Å². The maximum atomic E-state index is 13.7. The molecule has 7 heteroatoms. The van der Waals surface area contributed by atoms with Crippen molar-refractivity contribution in [2.45, 2.75) is 19.5 Å². The van der Waals surface area contributed by atoms with Gasteiger partial charge in [0.1, 0.15) is 11.8 Å². The number of fused-ring (bicyclic) bond motifs is 3. The van der Waals surface area contributed by atoms with Gasteiger partial charge >= 0.3 is 5.97 Å². The molecule has 5 rings (SSSR count). The van der Waals surface area contributed by atoms with Gasteiger partial charge in [0.2, 0.25) is 11.9 Å².